The molecule has 206 valence electrons. The molecule has 2 bridgehead atoms. The first-order valence-electron chi connectivity index (χ1n) is 13.6. The van der Waals surface area contributed by atoms with E-state index in [9.17, 15) is 19.2 Å². The Labute approximate surface area is 233 Å². The van der Waals surface area contributed by atoms with Crippen LogP contribution in [0.2, 0.25) is 5.02 Å². The van der Waals surface area contributed by atoms with Crippen molar-refractivity contribution < 1.29 is 19.2 Å². The molecule has 0 aliphatic carbocycles. The third-order valence-electron chi connectivity index (χ3n) is 8.06. The normalized spacial score (nSPS) is 27.9. The number of carbonyl (C=O) groups excluding carboxylic acids is 4. The molecule has 2 aromatic rings. The van der Waals surface area contributed by atoms with E-state index < -0.39 is 12.1 Å². The first-order chi connectivity index (χ1) is 18.8. The maximum absolute atomic E-state index is 14.1. The Balaban J connectivity index is 1.41. The highest BCUT2D eigenvalue weighted by Crippen LogP contribution is 2.36. The van der Waals surface area contributed by atoms with Crippen LogP contribution in [0.25, 0.3) is 0 Å². The summed E-state index contributed by atoms with van der Waals surface area (Å²) in [6, 6.07) is 11.3. The van der Waals surface area contributed by atoms with Gasteiger partial charge in [-0.25, -0.2) is 4.98 Å². The number of piperidine rings is 2. The number of benzene rings is 1. The zero-order valence-corrected chi connectivity index (χ0v) is 22.8. The lowest BCUT2D eigenvalue weighted by Crippen LogP contribution is -2.64. The molecule has 0 unspecified atom stereocenters. The van der Waals surface area contributed by atoms with Gasteiger partial charge in [0.25, 0.3) is 5.91 Å². The summed E-state index contributed by atoms with van der Waals surface area (Å²) in [7, 11) is 0. The third-order valence-corrected chi connectivity index (χ3v) is 8.28. The van der Waals surface area contributed by atoms with Crippen molar-refractivity contribution in [3.63, 3.8) is 0 Å². The number of pyridine rings is 1. The lowest BCUT2D eigenvalue weighted by atomic mass is 9.77. The van der Waals surface area contributed by atoms with E-state index in [1.165, 1.54) is 6.20 Å². The van der Waals surface area contributed by atoms with Crippen LogP contribution in [-0.4, -0.2) is 76.2 Å². The molecule has 3 saturated heterocycles. The van der Waals surface area contributed by atoms with Gasteiger partial charge in [0.1, 0.15) is 17.8 Å². The van der Waals surface area contributed by atoms with E-state index in [-0.39, 0.29) is 47.9 Å². The number of likely N-dealkylation sites (tertiary alicyclic amines) is 1. The highest BCUT2D eigenvalue weighted by atomic mass is 35.5. The third kappa shape index (κ3) is 6.24. The molecule has 4 heterocycles. The fourth-order valence-electron chi connectivity index (χ4n) is 6.20. The maximum Gasteiger partial charge on any atom is 0.272 e. The number of hydrogen-bond donors (Lipinski definition) is 2. The molecule has 10 heteroatoms. The van der Waals surface area contributed by atoms with Gasteiger partial charge in [0.2, 0.25) is 17.7 Å². The second kappa shape index (κ2) is 11.7. The number of amides is 4. The molecule has 2 N–H and O–H groups in total. The quantitative estimate of drug-likeness (QED) is 0.608. The lowest BCUT2D eigenvalue weighted by Gasteiger charge is -2.51. The summed E-state index contributed by atoms with van der Waals surface area (Å²) >= 11 is 5.96. The number of rotatable bonds is 3. The highest BCUT2D eigenvalue weighted by molar-refractivity contribution is 6.30. The fourth-order valence-corrected chi connectivity index (χ4v) is 6.31. The Morgan fingerprint density at radius 1 is 1.05 bits per heavy atom. The van der Waals surface area contributed by atoms with E-state index in [2.05, 4.69) is 15.6 Å². The standard InChI is InChI=1S/C29H34ClN5O4/c1-18-27(37)33-24(13-19-6-3-2-4-7-19)29(39)35-16-20-12-21(25(35)8-5-9-26(36)32-18)17-34(15-20)28(38)23-11-10-22(30)14-31-23/h2-4,6-7,10-11,14,18,20-21,24-25H,5,8-9,12-13,15-17H2,1H3,(H,32,36)(H,33,37)/t18-,20+,21-,24+,25+/m1/s1. The summed E-state index contributed by atoms with van der Waals surface area (Å²) in [4.78, 5) is 60.9. The van der Waals surface area contributed by atoms with E-state index in [0.717, 1.165) is 12.0 Å². The molecule has 0 saturated carbocycles. The van der Waals surface area contributed by atoms with Crippen LogP contribution >= 0.6 is 11.6 Å². The van der Waals surface area contributed by atoms with Gasteiger partial charge in [0.15, 0.2) is 0 Å². The first kappa shape index (κ1) is 27.1. The Bertz CT molecular complexity index is 1220. The molecular weight excluding hydrogens is 518 g/mol. The van der Waals surface area contributed by atoms with Crippen molar-refractivity contribution in [2.45, 2.75) is 57.2 Å². The Hall–Kier alpha value is -3.46. The van der Waals surface area contributed by atoms with E-state index in [0.29, 0.717) is 49.6 Å². The molecule has 1 aromatic heterocycles. The number of carbonyl (C=O) groups is 4. The topological polar surface area (TPSA) is 112 Å². The number of halogens is 1. The van der Waals surface area contributed by atoms with Crippen LogP contribution in [0.5, 0.6) is 0 Å². The van der Waals surface area contributed by atoms with Crippen molar-refractivity contribution in [2.75, 3.05) is 19.6 Å². The molecule has 3 fully saturated rings. The molecular formula is C29H34ClN5O4. The Morgan fingerprint density at radius 2 is 1.85 bits per heavy atom. The van der Waals surface area contributed by atoms with Crippen molar-refractivity contribution in [1.82, 2.24) is 25.4 Å². The first-order valence-corrected chi connectivity index (χ1v) is 14.0. The van der Waals surface area contributed by atoms with Gasteiger partial charge in [-0.15, -0.1) is 0 Å². The zero-order chi connectivity index (χ0) is 27.5. The van der Waals surface area contributed by atoms with Gasteiger partial charge in [0.05, 0.1) is 5.02 Å². The van der Waals surface area contributed by atoms with Crippen LogP contribution in [-0.2, 0) is 20.8 Å². The van der Waals surface area contributed by atoms with Gasteiger partial charge in [-0.1, -0.05) is 41.9 Å². The molecule has 3 aliphatic heterocycles. The van der Waals surface area contributed by atoms with Crippen LogP contribution < -0.4 is 10.6 Å². The fraction of sp³-hybridized carbons (Fsp3) is 0.483. The average Bonchev–Trinajstić information content (AvgIpc) is 2.93. The summed E-state index contributed by atoms with van der Waals surface area (Å²) in [6.45, 7) is 3.18. The number of aromatic nitrogens is 1. The van der Waals surface area contributed by atoms with Gasteiger partial charge in [-0.05, 0) is 55.7 Å². The van der Waals surface area contributed by atoms with Crippen LogP contribution in [0, 0.1) is 11.8 Å². The summed E-state index contributed by atoms with van der Waals surface area (Å²) in [5.41, 5.74) is 1.29. The van der Waals surface area contributed by atoms with Gasteiger partial charge in [0, 0.05) is 44.7 Å². The molecule has 5 rings (SSSR count). The monoisotopic (exact) mass is 551 g/mol. The van der Waals surface area contributed by atoms with Gasteiger partial charge in [-0.3, -0.25) is 19.2 Å². The minimum Gasteiger partial charge on any atom is -0.345 e. The van der Waals surface area contributed by atoms with Crippen LogP contribution in [0.4, 0.5) is 0 Å². The minimum absolute atomic E-state index is 0.0655. The summed E-state index contributed by atoms with van der Waals surface area (Å²) in [5.74, 6) is -0.626. The smallest absolute Gasteiger partial charge is 0.272 e. The number of fused-ring (bicyclic) bond motifs is 4. The Kier molecular flexibility index (Phi) is 8.16. The van der Waals surface area contributed by atoms with E-state index in [1.807, 2.05) is 40.1 Å². The van der Waals surface area contributed by atoms with E-state index in [4.69, 9.17) is 11.6 Å². The van der Waals surface area contributed by atoms with Crippen molar-refractivity contribution in [3.8, 4) is 0 Å². The number of nitrogens with one attached hydrogen (secondary N) is 2. The number of hydrogen-bond acceptors (Lipinski definition) is 5. The minimum atomic E-state index is -0.754. The molecule has 3 aliphatic rings. The predicted octanol–water partition coefficient (Wildman–Crippen LogP) is 2.44. The zero-order valence-electron chi connectivity index (χ0n) is 22.0. The summed E-state index contributed by atoms with van der Waals surface area (Å²) < 4.78 is 0. The van der Waals surface area contributed by atoms with E-state index >= 15 is 0 Å². The lowest BCUT2D eigenvalue weighted by molar-refractivity contribution is -0.145. The van der Waals surface area contributed by atoms with Gasteiger partial charge >= 0.3 is 0 Å². The maximum atomic E-state index is 14.1. The largest absolute Gasteiger partial charge is 0.345 e. The SMILES string of the molecule is C[C@H]1NC(=O)CCC[C@H]2[C@@H]3C[C@@H](CN(C(=O)c4ccc(Cl)cn4)C3)CN2C(=O)[C@H](Cc2ccccc2)NC1=O. The van der Waals surface area contributed by atoms with Gasteiger partial charge in [-0.2, -0.15) is 0 Å². The Morgan fingerprint density at radius 3 is 2.59 bits per heavy atom. The molecule has 5 atom stereocenters. The van der Waals surface area contributed by atoms with Gasteiger partial charge < -0.3 is 20.4 Å². The van der Waals surface area contributed by atoms with Crippen molar-refractivity contribution in [3.05, 3.63) is 64.9 Å². The van der Waals surface area contributed by atoms with Crippen molar-refractivity contribution >= 4 is 35.2 Å². The average molecular weight is 552 g/mol. The molecule has 0 radical (unpaired) electrons. The van der Waals surface area contributed by atoms with Crippen LogP contribution in [0.1, 0.15) is 48.7 Å². The molecule has 1 aromatic carbocycles. The summed E-state index contributed by atoms with van der Waals surface area (Å²) in [5, 5.41) is 6.16. The van der Waals surface area contributed by atoms with Crippen LogP contribution in [0.15, 0.2) is 48.7 Å². The highest BCUT2D eigenvalue weighted by Gasteiger charge is 2.45. The summed E-state index contributed by atoms with van der Waals surface area (Å²) in [6.07, 6.45) is 4.25. The number of nitrogens with zero attached hydrogens (tertiary/aromatic N) is 3. The molecule has 0 spiro atoms. The molecule has 4 amide bonds. The molecule has 9 nitrogen and oxygen atoms in total. The van der Waals surface area contributed by atoms with Crippen molar-refractivity contribution in [2.24, 2.45) is 11.8 Å². The van der Waals surface area contributed by atoms with Crippen molar-refractivity contribution in [1.29, 1.82) is 0 Å². The second-order valence-electron chi connectivity index (χ2n) is 10.9. The van der Waals surface area contributed by atoms with Crippen LogP contribution in [0.3, 0.4) is 0 Å². The predicted molar refractivity (Wildman–Crippen MR) is 146 cm³/mol. The molecule has 39 heavy (non-hydrogen) atoms. The second-order valence-corrected chi connectivity index (χ2v) is 11.4. The van der Waals surface area contributed by atoms with E-state index in [1.54, 1.807) is 19.1 Å².